The van der Waals surface area contributed by atoms with E-state index in [1.807, 2.05) is 36.4 Å². The lowest BCUT2D eigenvalue weighted by Gasteiger charge is -2.25. The van der Waals surface area contributed by atoms with Crippen LogP contribution in [0.5, 0.6) is 0 Å². The van der Waals surface area contributed by atoms with E-state index < -0.39 is 10.0 Å². The van der Waals surface area contributed by atoms with Crippen LogP contribution in [0.2, 0.25) is 0 Å². The van der Waals surface area contributed by atoms with Gasteiger partial charge in [-0.15, -0.1) is 0 Å². The molecule has 1 aromatic heterocycles. The van der Waals surface area contributed by atoms with E-state index in [4.69, 9.17) is 5.14 Å². The number of piperidine rings is 1. The summed E-state index contributed by atoms with van der Waals surface area (Å²) < 4.78 is 23.5. The number of aromatic amines is 1. The Morgan fingerprint density at radius 1 is 1.03 bits per heavy atom. The van der Waals surface area contributed by atoms with E-state index in [0.29, 0.717) is 29.3 Å². The van der Waals surface area contributed by atoms with Gasteiger partial charge in [-0.1, -0.05) is 36.4 Å². The Bertz CT molecular complexity index is 1490. The maximum absolute atomic E-state index is 13.0. The van der Waals surface area contributed by atoms with Gasteiger partial charge in [0.1, 0.15) is 5.69 Å². The molecule has 1 amide bonds. The number of nitrogens with zero attached hydrogens (tertiary/aromatic N) is 1. The maximum atomic E-state index is 13.0. The molecule has 1 fully saturated rings. The van der Waals surface area contributed by atoms with Crippen molar-refractivity contribution in [2.45, 2.75) is 30.1 Å². The molecule has 4 aromatic rings. The second-order valence-corrected chi connectivity index (χ2v) is 10.4. The number of carbonyl (C=O) groups excluding carboxylic acids is 1. The SMILES string of the molecule is NS(=O)(=O)c1cccc(-c2n[nH]c3ccc(NC(=O)Cc4ccccc4C4CCNCC4)cc23)c1. The summed E-state index contributed by atoms with van der Waals surface area (Å²) in [5, 5.41) is 19.8. The van der Waals surface area contributed by atoms with E-state index in [1.165, 1.54) is 17.7 Å². The summed E-state index contributed by atoms with van der Waals surface area (Å²) in [6, 6.07) is 20.0. The fraction of sp³-hybridized carbons (Fsp3) is 0.231. The van der Waals surface area contributed by atoms with Gasteiger partial charge in [-0.25, -0.2) is 13.6 Å². The summed E-state index contributed by atoms with van der Waals surface area (Å²) in [5.41, 5.74) is 4.93. The van der Waals surface area contributed by atoms with Crippen LogP contribution in [0.25, 0.3) is 22.2 Å². The van der Waals surface area contributed by atoms with Crippen LogP contribution in [0.3, 0.4) is 0 Å². The van der Waals surface area contributed by atoms with Crippen molar-refractivity contribution in [3.63, 3.8) is 0 Å². The Morgan fingerprint density at radius 3 is 2.63 bits per heavy atom. The highest BCUT2D eigenvalue weighted by molar-refractivity contribution is 7.89. The molecule has 1 aliphatic heterocycles. The average molecular weight is 490 g/mol. The van der Waals surface area contributed by atoms with Gasteiger partial charge in [0.15, 0.2) is 0 Å². The number of primary sulfonamides is 1. The summed E-state index contributed by atoms with van der Waals surface area (Å²) in [5.74, 6) is 0.380. The average Bonchev–Trinajstić information content (AvgIpc) is 3.28. The van der Waals surface area contributed by atoms with E-state index in [2.05, 4.69) is 26.9 Å². The fourth-order valence-corrected chi connectivity index (χ4v) is 5.30. The quantitative estimate of drug-likeness (QED) is 0.329. The molecule has 0 aliphatic carbocycles. The first-order valence-corrected chi connectivity index (χ1v) is 13.1. The molecule has 5 N–H and O–H groups in total. The van der Waals surface area contributed by atoms with Crippen molar-refractivity contribution in [2.24, 2.45) is 5.14 Å². The van der Waals surface area contributed by atoms with Gasteiger partial charge in [0, 0.05) is 16.6 Å². The number of H-pyrrole nitrogens is 1. The van der Waals surface area contributed by atoms with Crippen molar-refractivity contribution in [3.05, 3.63) is 77.9 Å². The van der Waals surface area contributed by atoms with Crippen LogP contribution in [0.4, 0.5) is 5.69 Å². The van der Waals surface area contributed by atoms with Gasteiger partial charge in [-0.05, 0) is 73.3 Å². The molecular formula is C26H27N5O3S. The Hall–Kier alpha value is -3.53. The van der Waals surface area contributed by atoms with Gasteiger partial charge < -0.3 is 10.6 Å². The third kappa shape index (κ3) is 5.12. The number of sulfonamides is 1. The van der Waals surface area contributed by atoms with Crippen molar-refractivity contribution < 1.29 is 13.2 Å². The molecule has 5 rings (SSSR count). The van der Waals surface area contributed by atoms with Crippen molar-refractivity contribution in [3.8, 4) is 11.3 Å². The first-order valence-electron chi connectivity index (χ1n) is 11.6. The van der Waals surface area contributed by atoms with Crippen LogP contribution in [-0.4, -0.2) is 37.6 Å². The number of aromatic nitrogens is 2. The Balaban J connectivity index is 1.38. The number of nitrogens with two attached hydrogens (primary N) is 1. The van der Waals surface area contributed by atoms with Crippen LogP contribution in [-0.2, 0) is 21.2 Å². The highest BCUT2D eigenvalue weighted by Crippen LogP contribution is 2.31. The van der Waals surface area contributed by atoms with E-state index in [0.717, 1.165) is 42.4 Å². The van der Waals surface area contributed by atoms with Crippen molar-refractivity contribution in [2.75, 3.05) is 18.4 Å². The first-order chi connectivity index (χ1) is 16.9. The number of anilines is 1. The molecule has 9 heteroatoms. The van der Waals surface area contributed by atoms with Gasteiger partial charge >= 0.3 is 0 Å². The number of benzene rings is 3. The molecule has 0 unspecified atom stereocenters. The van der Waals surface area contributed by atoms with Crippen LogP contribution in [0.1, 0.15) is 29.9 Å². The summed E-state index contributed by atoms with van der Waals surface area (Å²) in [4.78, 5) is 13.0. The Morgan fingerprint density at radius 2 is 1.83 bits per heavy atom. The van der Waals surface area contributed by atoms with E-state index >= 15 is 0 Å². The normalized spacial score (nSPS) is 14.8. The molecule has 1 aliphatic rings. The van der Waals surface area contributed by atoms with Crippen molar-refractivity contribution in [1.29, 1.82) is 0 Å². The molecule has 0 atom stereocenters. The number of amides is 1. The third-order valence-corrected chi connectivity index (χ3v) is 7.38. The van der Waals surface area contributed by atoms with E-state index in [9.17, 15) is 13.2 Å². The van der Waals surface area contributed by atoms with Crippen LogP contribution in [0, 0.1) is 0 Å². The van der Waals surface area contributed by atoms with Gasteiger partial charge in [0.25, 0.3) is 0 Å². The Kier molecular flexibility index (Phi) is 6.38. The molecular weight excluding hydrogens is 462 g/mol. The lowest BCUT2D eigenvalue weighted by atomic mass is 9.86. The second-order valence-electron chi connectivity index (χ2n) is 8.85. The number of hydrogen-bond donors (Lipinski definition) is 4. The summed E-state index contributed by atoms with van der Waals surface area (Å²) in [6.45, 7) is 2.00. The number of hydrogen-bond acceptors (Lipinski definition) is 5. The molecule has 0 saturated carbocycles. The molecule has 3 aromatic carbocycles. The second kappa shape index (κ2) is 9.61. The lowest BCUT2D eigenvalue weighted by Crippen LogP contribution is -2.27. The highest BCUT2D eigenvalue weighted by Gasteiger charge is 2.19. The molecule has 0 spiro atoms. The molecule has 35 heavy (non-hydrogen) atoms. The zero-order chi connectivity index (χ0) is 24.4. The van der Waals surface area contributed by atoms with E-state index in [1.54, 1.807) is 12.1 Å². The highest BCUT2D eigenvalue weighted by atomic mass is 32.2. The van der Waals surface area contributed by atoms with Gasteiger partial charge in [0.2, 0.25) is 15.9 Å². The van der Waals surface area contributed by atoms with Gasteiger partial charge in [0.05, 0.1) is 16.8 Å². The summed E-state index contributed by atoms with van der Waals surface area (Å²) >= 11 is 0. The topological polar surface area (TPSA) is 130 Å². The predicted molar refractivity (Wildman–Crippen MR) is 137 cm³/mol. The number of rotatable bonds is 6. The maximum Gasteiger partial charge on any atom is 0.238 e. The minimum atomic E-state index is -3.83. The zero-order valence-corrected chi connectivity index (χ0v) is 19.9. The lowest BCUT2D eigenvalue weighted by molar-refractivity contribution is -0.115. The van der Waals surface area contributed by atoms with E-state index in [-0.39, 0.29) is 10.8 Å². The van der Waals surface area contributed by atoms with Crippen molar-refractivity contribution >= 4 is 32.5 Å². The summed E-state index contributed by atoms with van der Waals surface area (Å²) in [6.07, 6.45) is 2.45. The zero-order valence-electron chi connectivity index (χ0n) is 19.1. The molecule has 8 nitrogen and oxygen atoms in total. The smallest absolute Gasteiger partial charge is 0.238 e. The number of fused-ring (bicyclic) bond motifs is 1. The molecule has 0 bridgehead atoms. The molecule has 2 heterocycles. The molecule has 180 valence electrons. The molecule has 0 radical (unpaired) electrons. The van der Waals surface area contributed by atoms with Gasteiger partial charge in [-0.3, -0.25) is 9.89 Å². The number of nitrogens with one attached hydrogen (secondary N) is 3. The van der Waals surface area contributed by atoms with Gasteiger partial charge in [-0.2, -0.15) is 5.10 Å². The summed E-state index contributed by atoms with van der Waals surface area (Å²) in [7, 11) is -3.83. The van der Waals surface area contributed by atoms with Crippen LogP contribution in [0.15, 0.2) is 71.6 Å². The molecule has 1 saturated heterocycles. The standard InChI is InChI=1S/C26H27N5O3S/c27-35(33,34)21-6-3-5-19(14-21)26-23-16-20(8-9-24(23)30-31-26)29-25(32)15-18-4-1-2-7-22(18)17-10-12-28-13-11-17/h1-9,14,16-17,28H,10-13,15H2,(H,29,32)(H,30,31)(H2,27,33,34). The minimum Gasteiger partial charge on any atom is -0.326 e. The largest absolute Gasteiger partial charge is 0.326 e. The predicted octanol–water partition coefficient (Wildman–Crippen LogP) is 3.53. The number of carbonyl (C=O) groups is 1. The third-order valence-electron chi connectivity index (χ3n) is 6.47. The van der Waals surface area contributed by atoms with Crippen molar-refractivity contribution in [1.82, 2.24) is 15.5 Å². The minimum absolute atomic E-state index is 0.0167. The van der Waals surface area contributed by atoms with Crippen LogP contribution >= 0.6 is 0 Å². The first kappa shape index (κ1) is 23.2. The van der Waals surface area contributed by atoms with Crippen LogP contribution < -0.4 is 15.8 Å². The monoisotopic (exact) mass is 489 g/mol. The fourth-order valence-electron chi connectivity index (χ4n) is 4.74. The Labute approximate surface area is 204 Å².